The van der Waals surface area contributed by atoms with Gasteiger partial charge in [-0.2, -0.15) is 5.26 Å². The zero-order valence-corrected chi connectivity index (χ0v) is 10.7. The van der Waals surface area contributed by atoms with Crippen LogP contribution in [0.1, 0.15) is 12.5 Å². The van der Waals surface area contributed by atoms with E-state index in [1.54, 1.807) is 0 Å². The molecule has 0 saturated heterocycles. The van der Waals surface area contributed by atoms with E-state index in [1.165, 1.54) is 5.56 Å². The van der Waals surface area contributed by atoms with Crippen molar-refractivity contribution in [3.63, 3.8) is 0 Å². The fraction of sp³-hybridized carbons (Fsp3) is 0.417. The summed E-state index contributed by atoms with van der Waals surface area (Å²) in [6.07, 6.45) is 0. The summed E-state index contributed by atoms with van der Waals surface area (Å²) in [4.78, 5) is 2.16. The predicted molar refractivity (Wildman–Crippen MR) is 65.3 cm³/mol. The number of nitriles is 1. The fourth-order valence-corrected chi connectivity index (χ4v) is 1.97. The molecule has 0 bridgehead atoms. The highest BCUT2D eigenvalue weighted by Crippen LogP contribution is 2.13. The average molecular weight is 267 g/mol. The Morgan fingerprint density at radius 1 is 1.53 bits per heavy atom. The fourth-order valence-electron chi connectivity index (χ4n) is 1.52. The second-order valence-corrected chi connectivity index (χ2v) is 4.77. The molecule has 80 valence electrons. The lowest BCUT2D eigenvalue weighted by molar-refractivity contribution is 0.303. The lowest BCUT2D eigenvalue weighted by atomic mass is 10.1. The Hall–Kier alpha value is -0.850. The van der Waals surface area contributed by atoms with E-state index in [4.69, 9.17) is 5.26 Å². The summed E-state index contributed by atoms with van der Waals surface area (Å²) in [7, 11) is 2.04. The Balaban J connectivity index is 2.52. The van der Waals surface area contributed by atoms with Crippen molar-refractivity contribution in [3.8, 4) is 6.07 Å². The molecule has 0 aromatic heterocycles. The molecule has 15 heavy (non-hydrogen) atoms. The highest BCUT2D eigenvalue weighted by molar-refractivity contribution is 9.10. The van der Waals surface area contributed by atoms with Crippen LogP contribution in [-0.2, 0) is 6.54 Å². The number of halogens is 1. The van der Waals surface area contributed by atoms with Crippen molar-refractivity contribution in [1.82, 2.24) is 4.90 Å². The van der Waals surface area contributed by atoms with Crippen LogP contribution in [0.25, 0.3) is 0 Å². The van der Waals surface area contributed by atoms with Gasteiger partial charge in [0.2, 0.25) is 0 Å². The smallest absolute Gasteiger partial charge is 0.0666 e. The van der Waals surface area contributed by atoms with E-state index in [2.05, 4.69) is 39.0 Å². The first-order valence-corrected chi connectivity index (χ1v) is 5.73. The van der Waals surface area contributed by atoms with E-state index in [-0.39, 0.29) is 5.92 Å². The first-order chi connectivity index (χ1) is 7.11. The lowest BCUT2D eigenvalue weighted by Crippen LogP contribution is -2.23. The van der Waals surface area contributed by atoms with Gasteiger partial charge in [-0.1, -0.05) is 28.1 Å². The zero-order chi connectivity index (χ0) is 11.3. The van der Waals surface area contributed by atoms with Crippen LogP contribution in [0.2, 0.25) is 0 Å². The number of hydrogen-bond acceptors (Lipinski definition) is 2. The largest absolute Gasteiger partial charge is 0.301 e. The third-order valence-electron chi connectivity index (χ3n) is 2.15. The van der Waals surface area contributed by atoms with E-state index < -0.39 is 0 Å². The third kappa shape index (κ3) is 4.46. The summed E-state index contributed by atoms with van der Waals surface area (Å²) in [6.45, 7) is 3.63. The topological polar surface area (TPSA) is 27.0 Å². The van der Waals surface area contributed by atoms with Crippen LogP contribution < -0.4 is 0 Å². The molecule has 0 aliphatic rings. The molecule has 1 aromatic carbocycles. The average Bonchev–Trinajstić information content (AvgIpc) is 2.17. The van der Waals surface area contributed by atoms with Crippen molar-refractivity contribution in [2.45, 2.75) is 13.5 Å². The number of rotatable bonds is 4. The molecule has 3 heteroatoms. The molecule has 1 atom stereocenters. The van der Waals surface area contributed by atoms with Crippen molar-refractivity contribution in [2.75, 3.05) is 13.6 Å². The van der Waals surface area contributed by atoms with Crippen LogP contribution in [0.5, 0.6) is 0 Å². The van der Waals surface area contributed by atoms with Crippen molar-refractivity contribution < 1.29 is 0 Å². The number of benzene rings is 1. The molecule has 0 aliphatic carbocycles. The van der Waals surface area contributed by atoms with Crippen molar-refractivity contribution >= 4 is 15.9 Å². The first kappa shape index (κ1) is 12.2. The Morgan fingerprint density at radius 3 is 2.87 bits per heavy atom. The van der Waals surface area contributed by atoms with Gasteiger partial charge in [0.25, 0.3) is 0 Å². The normalized spacial score (nSPS) is 12.5. The molecular formula is C12H15BrN2. The maximum atomic E-state index is 8.71. The minimum Gasteiger partial charge on any atom is -0.301 e. The highest BCUT2D eigenvalue weighted by Gasteiger charge is 2.05. The summed E-state index contributed by atoms with van der Waals surface area (Å²) in [5.74, 6) is 0.0853. The molecule has 1 aromatic rings. The molecule has 0 fully saturated rings. The maximum absolute atomic E-state index is 8.71. The standard InChI is InChI=1S/C12H15BrN2/c1-10(7-14)8-15(2)9-11-4-3-5-12(13)6-11/h3-6,10H,8-9H2,1-2H3. The van der Waals surface area contributed by atoms with Gasteiger partial charge in [0.15, 0.2) is 0 Å². The Kier molecular flexibility index (Phi) is 4.80. The van der Waals surface area contributed by atoms with E-state index >= 15 is 0 Å². The van der Waals surface area contributed by atoms with Gasteiger partial charge in [0.05, 0.1) is 12.0 Å². The minimum atomic E-state index is 0.0853. The number of hydrogen-bond donors (Lipinski definition) is 0. The first-order valence-electron chi connectivity index (χ1n) is 4.94. The van der Waals surface area contributed by atoms with Crippen LogP contribution in [0.15, 0.2) is 28.7 Å². The molecule has 2 nitrogen and oxygen atoms in total. The van der Waals surface area contributed by atoms with Crippen LogP contribution in [-0.4, -0.2) is 18.5 Å². The van der Waals surface area contributed by atoms with Gasteiger partial charge in [0, 0.05) is 17.6 Å². The molecule has 0 radical (unpaired) electrons. The SMILES string of the molecule is CC(C#N)CN(C)Cc1cccc(Br)c1. The molecule has 1 unspecified atom stereocenters. The Labute approximate surface area is 99.6 Å². The van der Waals surface area contributed by atoms with Gasteiger partial charge >= 0.3 is 0 Å². The number of nitrogens with zero attached hydrogens (tertiary/aromatic N) is 2. The summed E-state index contributed by atoms with van der Waals surface area (Å²) in [5, 5.41) is 8.71. The lowest BCUT2D eigenvalue weighted by Gasteiger charge is -2.17. The molecule has 0 aliphatic heterocycles. The van der Waals surface area contributed by atoms with Crippen LogP contribution in [0.3, 0.4) is 0 Å². The molecular weight excluding hydrogens is 252 g/mol. The molecule has 0 saturated carbocycles. The minimum absolute atomic E-state index is 0.0853. The zero-order valence-electron chi connectivity index (χ0n) is 9.07. The molecule has 0 heterocycles. The molecule has 0 spiro atoms. The van der Waals surface area contributed by atoms with Gasteiger partial charge in [0.1, 0.15) is 0 Å². The van der Waals surface area contributed by atoms with Crippen molar-refractivity contribution in [2.24, 2.45) is 5.92 Å². The highest BCUT2D eigenvalue weighted by atomic mass is 79.9. The van der Waals surface area contributed by atoms with Crippen LogP contribution in [0.4, 0.5) is 0 Å². The Morgan fingerprint density at radius 2 is 2.27 bits per heavy atom. The van der Waals surface area contributed by atoms with E-state index in [0.29, 0.717) is 0 Å². The third-order valence-corrected chi connectivity index (χ3v) is 2.64. The Bertz CT molecular complexity index is 357. The van der Waals surface area contributed by atoms with E-state index in [9.17, 15) is 0 Å². The van der Waals surface area contributed by atoms with Crippen LogP contribution >= 0.6 is 15.9 Å². The van der Waals surface area contributed by atoms with E-state index in [0.717, 1.165) is 17.6 Å². The predicted octanol–water partition coefficient (Wildman–Crippen LogP) is 3.04. The van der Waals surface area contributed by atoms with Crippen molar-refractivity contribution in [1.29, 1.82) is 5.26 Å². The quantitative estimate of drug-likeness (QED) is 0.838. The molecule has 0 amide bonds. The van der Waals surface area contributed by atoms with Gasteiger partial charge in [-0.15, -0.1) is 0 Å². The van der Waals surface area contributed by atoms with Crippen LogP contribution in [0, 0.1) is 17.2 Å². The monoisotopic (exact) mass is 266 g/mol. The molecule has 0 N–H and O–H groups in total. The van der Waals surface area contributed by atoms with Gasteiger partial charge in [-0.25, -0.2) is 0 Å². The summed E-state index contributed by atoms with van der Waals surface area (Å²) >= 11 is 3.45. The summed E-state index contributed by atoms with van der Waals surface area (Å²) in [6, 6.07) is 10.5. The van der Waals surface area contributed by atoms with Gasteiger partial charge < -0.3 is 4.90 Å². The summed E-state index contributed by atoms with van der Waals surface area (Å²) in [5.41, 5.74) is 1.26. The van der Waals surface area contributed by atoms with Crippen molar-refractivity contribution in [3.05, 3.63) is 34.3 Å². The summed E-state index contributed by atoms with van der Waals surface area (Å²) < 4.78 is 1.10. The van der Waals surface area contributed by atoms with Gasteiger partial charge in [-0.3, -0.25) is 0 Å². The van der Waals surface area contributed by atoms with Gasteiger partial charge in [-0.05, 0) is 31.7 Å². The second kappa shape index (κ2) is 5.89. The molecule has 1 rings (SSSR count). The maximum Gasteiger partial charge on any atom is 0.0666 e. The van der Waals surface area contributed by atoms with E-state index in [1.807, 2.05) is 26.1 Å². The second-order valence-electron chi connectivity index (χ2n) is 3.86.